The molecule has 0 unspecified atom stereocenters. The van der Waals surface area contributed by atoms with Crippen LogP contribution in [-0.4, -0.2) is 84.6 Å². The van der Waals surface area contributed by atoms with E-state index in [4.69, 9.17) is 14.0 Å². The van der Waals surface area contributed by atoms with Crippen LogP contribution < -0.4 is 4.74 Å². The number of amides is 1. The molecule has 1 amide bonds. The van der Waals surface area contributed by atoms with Gasteiger partial charge in [0, 0.05) is 61.9 Å². The van der Waals surface area contributed by atoms with Gasteiger partial charge in [0.2, 0.25) is 0 Å². The third kappa shape index (κ3) is 4.54. The van der Waals surface area contributed by atoms with Crippen molar-refractivity contribution in [1.29, 1.82) is 0 Å². The van der Waals surface area contributed by atoms with Crippen molar-refractivity contribution in [2.24, 2.45) is 5.41 Å². The highest BCUT2D eigenvalue weighted by atomic mass is 19.1. The molecule has 1 spiro atoms. The normalized spacial score (nSPS) is 17.2. The number of piperidine rings is 1. The number of methoxy groups -OCH3 is 1. The Morgan fingerprint density at radius 1 is 1.13 bits per heavy atom. The molecule has 1 N–H and O–H groups in total. The SMILES string of the molecule is COCCOc1cc2[nH]nc(-c3cc(-c4ccc(C(=O)N5CCC6(CC5)CN(C)C6)cc4)no3)c2cc1F. The number of fused-ring (bicyclic) bond motifs is 1. The van der Waals surface area contributed by atoms with Crippen molar-refractivity contribution in [2.45, 2.75) is 12.8 Å². The van der Waals surface area contributed by atoms with E-state index in [2.05, 4.69) is 27.3 Å². The summed E-state index contributed by atoms with van der Waals surface area (Å²) in [7, 11) is 3.71. The molecule has 0 saturated carbocycles. The second kappa shape index (κ2) is 9.85. The lowest BCUT2D eigenvalue weighted by molar-refractivity contribution is -0.0268. The molecule has 2 aliphatic heterocycles. The van der Waals surface area contributed by atoms with E-state index in [1.165, 1.54) is 6.07 Å². The summed E-state index contributed by atoms with van der Waals surface area (Å²) in [5.74, 6) is 0.0933. The molecule has 2 aromatic carbocycles. The minimum atomic E-state index is -0.500. The number of carbonyl (C=O) groups excluding carboxylic acids is 1. The van der Waals surface area contributed by atoms with E-state index in [0.29, 0.717) is 45.6 Å². The summed E-state index contributed by atoms with van der Waals surface area (Å²) in [5.41, 5.74) is 3.55. The summed E-state index contributed by atoms with van der Waals surface area (Å²) in [6.07, 6.45) is 2.13. The van der Waals surface area contributed by atoms with Crippen LogP contribution in [0.4, 0.5) is 4.39 Å². The van der Waals surface area contributed by atoms with Crippen LogP contribution in [0.1, 0.15) is 23.2 Å². The van der Waals surface area contributed by atoms with Crippen LogP contribution >= 0.6 is 0 Å². The summed E-state index contributed by atoms with van der Waals surface area (Å²) >= 11 is 0. The third-order valence-corrected chi connectivity index (χ3v) is 7.65. The van der Waals surface area contributed by atoms with Crippen molar-refractivity contribution in [3.63, 3.8) is 0 Å². The maximum atomic E-state index is 14.6. The van der Waals surface area contributed by atoms with Gasteiger partial charge in [-0.1, -0.05) is 17.3 Å². The van der Waals surface area contributed by atoms with E-state index < -0.39 is 5.82 Å². The van der Waals surface area contributed by atoms with Crippen LogP contribution in [0, 0.1) is 11.2 Å². The Labute approximate surface area is 219 Å². The van der Waals surface area contributed by atoms with Crippen molar-refractivity contribution in [3.8, 4) is 28.5 Å². The van der Waals surface area contributed by atoms with Gasteiger partial charge in [-0.15, -0.1) is 0 Å². The first-order valence-corrected chi connectivity index (χ1v) is 12.8. The molecule has 0 bridgehead atoms. The molecule has 9 nitrogen and oxygen atoms in total. The fourth-order valence-electron chi connectivity index (χ4n) is 5.64. The largest absolute Gasteiger partial charge is 0.488 e. The molecule has 2 fully saturated rings. The van der Waals surface area contributed by atoms with Gasteiger partial charge in [-0.25, -0.2) is 4.39 Å². The average molecular weight is 520 g/mol. The van der Waals surface area contributed by atoms with Crippen LogP contribution in [0.5, 0.6) is 5.75 Å². The molecule has 198 valence electrons. The summed E-state index contributed by atoms with van der Waals surface area (Å²) in [6.45, 7) is 4.48. The quantitative estimate of drug-likeness (QED) is 0.365. The standard InChI is InChI=1S/C28H30FN5O4/c1-33-16-28(17-33)7-9-34(10-8-28)27(35)19-5-3-18(4-6-19)22-14-25(38-32-22)26-20-13-21(29)24(37-12-11-36-2)15-23(20)30-31-26/h3-6,13-15H,7-12,16-17H2,1-2H3,(H,30,31). The fourth-order valence-corrected chi connectivity index (χ4v) is 5.64. The van der Waals surface area contributed by atoms with Crippen LogP contribution in [0.3, 0.4) is 0 Å². The molecule has 2 aliphatic rings. The smallest absolute Gasteiger partial charge is 0.253 e. The van der Waals surface area contributed by atoms with E-state index in [0.717, 1.165) is 44.6 Å². The number of aromatic amines is 1. The Bertz CT molecular complexity index is 1450. The molecule has 4 aromatic rings. The first-order valence-electron chi connectivity index (χ1n) is 12.8. The Balaban J connectivity index is 1.15. The highest BCUT2D eigenvalue weighted by Gasteiger charge is 2.43. The number of likely N-dealkylation sites (tertiary alicyclic amines) is 2. The molecule has 0 atom stereocenters. The van der Waals surface area contributed by atoms with Gasteiger partial charge < -0.3 is 23.8 Å². The molecule has 2 saturated heterocycles. The van der Waals surface area contributed by atoms with Gasteiger partial charge in [0.1, 0.15) is 18.0 Å². The number of nitrogens with zero attached hydrogens (tertiary/aromatic N) is 4. The highest BCUT2D eigenvalue weighted by Crippen LogP contribution is 2.40. The molecular formula is C28H30FN5O4. The Hall–Kier alpha value is -3.76. The van der Waals surface area contributed by atoms with Gasteiger partial charge >= 0.3 is 0 Å². The van der Waals surface area contributed by atoms with Crippen LogP contribution in [0.2, 0.25) is 0 Å². The van der Waals surface area contributed by atoms with Crippen LogP contribution in [0.25, 0.3) is 33.6 Å². The number of halogens is 1. The topological polar surface area (TPSA) is 96.7 Å². The van der Waals surface area contributed by atoms with E-state index >= 15 is 0 Å². The zero-order valence-electron chi connectivity index (χ0n) is 21.5. The number of nitrogens with one attached hydrogen (secondary N) is 1. The lowest BCUT2D eigenvalue weighted by atomic mass is 9.72. The van der Waals surface area contributed by atoms with Crippen LogP contribution in [-0.2, 0) is 4.74 Å². The molecule has 6 rings (SSSR count). The molecule has 38 heavy (non-hydrogen) atoms. The molecule has 4 heterocycles. The van der Waals surface area contributed by atoms with Crippen molar-refractivity contribution >= 4 is 16.8 Å². The second-order valence-corrected chi connectivity index (χ2v) is 10.4. The number of H-pyrrole nitrogens is 1. The first-order chi connectivity index (χ1) is 18.4. The number of benzene rings is 2. The monoisotopic (exact) mass is 519 g/mol. The zero-order chi connectivity index (χ0) is 26.3. The maximum Gasteiger partial charge on any atom is 0.253 e. The second-order valence-electron chi connectivity index (χ2n) is 10.4. The molecular weight excluding hydrogens is 489 g/mol. The Morgan fingerprint density at radius 2 is 1.89 bits per heavy atom. The third-order valence-electron chi connectivity index (χ3n) is 7.65. The van der Waals surface area contributed by atoms with Crippen molar-refractivity contribution in [3.05, 3.63) is 53.8 Å². The summed E-state index contributed by atoms with van der Waals surface area (Å²) < 4.78 is 30.6. The maximum absolute atomic E-state index is 14.6. The van der Waals surface area contributed by atoms with Gasteiger partial charge in [-0.3, -0.25) is 9.89 Å². The lowest BCUT2D eigenvalue weighted by Crippen LogP contribution is -2.59. The van der Waals surface area contributed by atoms with Crippen molar-refractivity contribution in [2.75, 3.05) is 53.6 Å². The van der Waals surface area contributed by atoms with Crippen molar-refractivity contribution in [1.82, 2.24) is 25.2 Å². The van der Waals surface area contributed by atoms with Gasteiger partial charge in [0.25, 0.3) is 5.91 Å². The Kier molecular flexibility index (Phi) is 6.37. The predicted octanol–water partition coefficient (Wildman–Crippen LogP) is 4.22. The van der Waals surface area contributed by atoms with Gasteiger partial charge in [0.05, 0.1) is 12.1 Å². The number of rotatable bonds is 7. The molecule has 0 aliphatic carbocycles. The lowest BCUT2D eigenvalue weighted by Gasteiger charge is -2.52. The highest BCUT2D eigenvalue weighted by molar-refractivity contribution is 5.95. The average Bonchev–Trinajstić information content (AvgIpc) is 3.55. The summed E-state index contributed by atoms with van der Waals surface area (Å²) in [5, 5.41) is 11.9. The fraction of sp³-hybridized carbons (Fsp3) is 0.393. The van der Waals surface area contributed by atoms with E-state index in [9.17, 15) is 9.18 Å². The zero-order valence-corrected chi connectivity index (χ0v) is 21.5. The number of hydrogen-bond acceptors (Lipinski definition) is 7. The van der Waals surface area contributed by atoms with Crippen LogP contribution in [0.15, 0.2) is 47.0 Å². The van der Waals surface area contributed by atoms with Gasteiger partial charge in [0.15, 0.2) is 17.3 Å². The summed E-state index contributed by atoms with van der Waals surface area (Å²) in [4.78, 5) is 17.4. The van der Waals surface area contributed by atoms with E-state index in [1.807, 2.05) is 29.2 Å². The number of aromatic nitrogens is 3. The number of ether oxygens (including phenoxy) is 2. The first kappa shape index (κ1) is 24.6. The number of hydrogen-bond donors (Lipinski definition) is 1. The van der Waals surface area contributed by atoms with Gasteiger partial charge in [-0.2, -0.15) is 5.10 Å². The van der Waals surface area contributed by atoms with E-state index in [1.54, 1.807) is 19.2 Å². The predicted molar refractivity (Wildman–Crippen MR) is 139 cm³/mol. The molecule has 10 heteroatoms. The van der Waals surface area contributed by atoms with Gasteiger partial charge in [-0.05, 0) is 43.5 Å². The number of carbonyl (C=O) groups is 1. The minimum Gasteiger partial charge on any atom is -0.488 e. The summed E-state index contributed by atoms with van der Waals surface area (Å²) in [6, 6.07) is 12.1. The molecule has 0 radical (unpaired) electrons. The van der Waals surface area contributed by atoms with Crippen molar-refractivity contribution < 1.29 is 23.2 Å². The Morgan fingerprint density at radius 3 is 2.61 bits per heavy atom. The van der Waals surface area contributed by atoms with E-state index in [-0.39, 0.29) is 18.3 Å². The minimum absolute atomic E-state index is 0.0653. The molecule has 2 aromatic heterocycles.